The van der Waals surface area contributed by atoms with Crippen LogP contribution in [0.15, 0.2) is 60.9 Å². The molecule has 1 heterocycles. The lowest BCUT2D eigenvalue weighted by atomic mass is 10.1. The average molecular weight is 356 g/mol. The van der Waals surface area contributed by atoms with E-state index in [0.717, 1.165) is 5.56 Å². The number of hydrogen-bond donors (Lipinski definition) is 0. The summed E-state index contributed by atoms with van der Waals surface area (Å²) in [7, 11) is 0. The van der Waals surface area contributed by atoms with Crippen molar-refractivity contribution in [2.24, 2.45) is 0 Å². The number of non-ortho nitro benzene ring substituents is 1. The van der Waals surface area contributed by atoms with E-state index in [2.05, 4.69) is 9.97 Å². The molecule has 2 aromatic carbocycles. The lowest BCUT2D eigenvalue weighted by molar-refractivity contribution is -0.384. The third-order valence-corrected chi connectivity index (χ3v) is 3.99. The van der Waals surface area contributed by atoms with E-state index in [0.29, 0.717) is 22.2 Å². The smallest absolute Gasteiger partial charge is 0.269 e. The SMILES string of the molecule is C[C@@H](Oc1nccnc1-c1ccc([N+](=O)[O-])cc1)c1ccccc1Cl. The first kappa shape index (κ1) is 16.9. The van der Waals surface area contributed by atoms with Crippen LogP contribution in [0.3, 0.4) is 0 Å². The molecular formula is C18H14ClN3O3. The van der Waals surface area contributed by atoms with Crippen molar-refractivity contribution in [2.45, 2.75) is 13.0 Å². The number of rotatable bonds is 5. The van der Waals surface area contributed by atoms with Gasteiger partial charge in [0.15, 0.2) is 0 Å². The number of nitrogens with zero attached hydrogens (tertiary/aromatic N) is 3. The molecule has 0 unspecified atom stereocenters. The van der Waals surface area contributed by atoms with E-state index < -0.39 is 4.92 Å². The fourth-order valence-corrected chi connectivity index (χ4v) is 2.68. The molecule has 0 aliphatic carbocycles. The molecule has 0 spiro atoms. The van der Waals surface area contributed by atoms with Gasteiger partial charge in [-0.25, -0.2) is 9.97 Å². The van der Waals surface area contributed by atoms with Gasteiger partial charge in [0.1, 0.15) is 11.8 Å². The zero-order chi connectivity index (χ0) is 17.8. The van der Waals surface area contributed by atoms with Gasteiger partial charge in [0.25, 0.3) is 5.69 Å². The average Bonchev–Trinajstić information content (AvgIpc) is 2.62. The van der Waals surface area contributed by atoms with Crippen molar-refractivity contribution in [3.05, 3.63) is 81.6 Å². The highest BCUT2D eigenvalue weighted by Gasteiger charge is 2.16. The summed E-state index contributed by atoms with van der Waals surface area (Å²) in [5, 5.41) is 11.4. The first-order chi connectivity index (χ1) is 12.1. The van der Waals surface area contributed by atoms with E-state index in [-0.39, 0.29) is 11.8 Å². The van der Waals surface area contributed by atoms with Gasteiger partial charge >= 0.3 is 0 Å². The Morgan fingerprint density at radius 2 is 1.76 bits per heavy atom. The van der Waals surface area contributed by atoms with Crippen LogP contribution >= 0.6 is 11.6 Å². The van der Waals surface area contributed by atoms with Crippen molar-refractivity contribution in [1.29, 1.82) is 0 Å². The second kappa shape index (κ2) is 7.27. The van der Waals surface area contributed by atoms with E-state index in [1.165, 1.54) is 18.3 Å². The molecule has 0 radical (unpaired) electrons. The Hall–Kier alpha value is -2.99. The van der Waals surface area contributed by atoms with Crippen LogP contribution in [-0.4, -0.2) is 14.9 Å². The third kappa shape index (κ3) is 3.75. The molecular weight excluding hydrogens is 342 g/mol. The van der Waals surface area contributed by atoms with Gasteiger partial charge in [-0.3, -0.25) is 10.1 Å². The Bertz CT molecular complexity index is 900. The molecule has 0 saturated heterocycles. The van der Waals surface area contributed by atoms with Gasteiger partial charge in [0.05, 0.1) is 4.92 Å². The quantitative estimate of drug-likeness (QED) is 0.483. The molecule has 0 saturated carbocycles. The van der Waals surface area contributed by atoms with Crippen molar-refractivity contribution in [1.82, 2.24) is 9.97 Å². The number of nitro groups is 1. The second-order valence-corrected chi connectivity index (χ2v) is 5.70. The molecule has 0 amide bonds. The van der Waals surface area contributed by atoms with Crippen molar-refractivity contribution in [3.63, 3.8) is 0 Å². The summed E-state index contributed by atoms with van der Waals surface area (Å²) in [5.74, 6) is 0.337. The predicted octanol–water partition coefficient (Wildman–Crippen LogP) is 4.85. The van der Waals surface area contributed by atoms with Gasteiger partial charge in [-0.15, -0.1) is 0 Å². The summed E-state index contributed by atoms with van der Waals surface area (Å²) in [5.41, 5.74) is 2.04. The molecule has 25 heavy (non-hydrogen) atoms. The van der Waals surface area contributed by atoms with Gasteiger partial charge in [-0.2, -0.15) is 0 Å². The Kier molecular flexibility index (Phi) is 4.90. The van der Waals surface area contributed by atoms with Crippen LogP contribution in [0.2, 0.25) is 5.02 Å². The normalized spacial score (nSPS) is 11.8. The molecule has 0 N–H and O–H groups in total. The first-order valence-electron chi connectivity index (χ1n) is 7.53. The minimum Gasteiger partial charge on any atom is -0.468 e. The Balaban J connectivity index is 1.91. The first-order valence-corrected chi connectivity index (χ1v) is 7.91. The molecule has 3 rings (SSSR count). The molecule has 0 bridgehead atoms. The summed E-state index contributed by atoms with van der Waals surface area (Å²) in [4.78, 5) is 18.9. The van der Waals surface area contributed by atoms with E-state index in [9.17, 15) is 10.1 Å². The zero-order valence-electron chi connectivity index (χ0n) is 13.3. The summed E-state index contributed by atoms with van der Waals surface area (Å²) >= 11 is 6.21. The van der Waals surface area contributed by atoms with Crippen molar-refractivity contribution in [2.75, 3.05) is 0 Å². The molecule has 0 aliphatic heterocycles. The maximum Gasteiger partial charge on any atom is 0.269 e. The number of nitro benzene ring substituents is 1. The van der Waals surface area contributed by atoms with Crippen LogP contribution in [0.5, 0.6) is 5.88 Å². The monoisotopic (exact) mass is 355 g/mol. The van der Waals surface area contributed by atoms with Crippen LogP contribution in [0.25, 0.3) is 11.3 Å². The third-order valence-electron chi connectivity index (χ3n) is 3.65. The highest BCUT2D eigenvalue weighted by atomic mass is 35.5. The van der Waals surface area contributed by atoms with Gasteiger partial charge in [0.2, 0.25) is 5.88 Å². The molecule has 6 nitrogen and oxygen atoms in total. The molecule has 0 fully saturated rings. The highest BCUT2D eigenvalue weighted by Crippen LogP contribution is 2.32. The molecule has 1 aromatic heterocycles. The Morgan fingerprint density at radius 3 is 2.44 bits per heavy atom. The standard InChI is InChI=1S/C18H14ClN3O3/c1-12(15-4-2-3-5-16(15)19)25-18-17(20-10-11-21-18)13-6-8-14(9-7-13)22(23)24/h2-12H,1H3/t12-/m1/s1. The van der Waals surface area contributed by atoms with Crippen molar-refractivity contribution >= 4 is 17.3 Å². The molecule has 3 aromatic rings. The second-order valence-electron chi connectivity index (χ2n) is 5.30. The largest absolute Gasteiger partial charge is 0.468 e. The maximum absolute atomic E-state index is 10.8. The van der Waals surface area contributed by atoms with Crippen molar-refractivity contribution in [3.8, 4) is 17.1 Å². The predicted molar refractivity (Wildman–Crippen MR) is 94.6 cm³/mol. The molecule has 126 valence electrons. The Morgan fingerprint density at radius 1 is 1.08 bits per heavy atom. The van der Waals surface area contributed by atoms with Gasteiger partial charge in [-0.05, 0) is 25.1 Å². The van der Waals surface area contributed by atoms with E-state index >= 15 is 0 Å². The van der Waals surface area contributed by atoms with Gasteiger partial charge in [-0.1, -0.05) is 29.8 Å². The van der Waals surface area contributed by atoms with Crippen LogP contribution in [0.4, 0.5) is 5.69 Å². The minimum absolute atomic E-state index is 0.0135. The summed E-state index contributed by atoms with van der Waals surface area (Å²) in [6.07, 6.45) is 2.75. The fourth-order valence-electron chi connectivity index (χ4n) is 2.39. The van der Waals surface area contributed by atoms with Crippen LogP contribution < -0.4 is 4.74 Å². The van der Waals surface area contributed by atoms with E-state index in [4.69, 9.17) is 16.3 Å². The van der Waals surface area contributed by atoms with E-state index in [1.54, 1.807) is 24.4 Å². The summed E-state index contributed by atoms with van der Waals surface area (Å²) < 4.78 is 5.95. The summed E-state index contributed by atoms with van der Waals surface area (Å²) in [6, 6.07) is 13.5. The van der Waals surface area contributed by atoms with E-state index in [1.807, 2.05) is 25.1 Å². The lowest BCUT2D eigenvalue weighted by Crippen LogP contribution is -2.06. The minimum atomic E-state index is -0.447. The molecule has 1 atom stereocenters. The fraction of sp³-hybridized carbons (Fsp3) is 0.111. The zero-order valence-corrected chi connectivity index (χ0v) is 14.1. The molecule has 0 aliphatic rings. The number of benzene rings is 2. The number of halogens is 1. The maximum atomic E-state index is 10.8. The van der Waals surface area contributed by atoms with Crippen LogP contribution in [-0.2, 0) is 0 Å². The summed E-state index contributed by atoms with van der Waals surface area (Å²) in [6.45, 7) is 1.87. The van der Waals surface area contributed by atoms with Crippen LogP contribution in [0, 0.1) is 10.1 Å². The van der Waals surface area contributed by atoms with Crippen molar-refractivity contribution < 1.29 is 9.66 Å². The van der Waals surface area contributed by atoms with Gasteiger partial charge < -0.3 is 4.74 Å². The molecule has 7 heteroatoms. The van der Waals surface area contributed by atoms with Crippen LogP contribution in [0.1, 0.15) is 18.6 Å². The highest BCUT2D eigenvalue weighted by molar-refractivity contribution is 6.31. The van der Waals surface area contributed by atoms with Gasteiger partial charge in [0, 0.05) is 40.7 Å². The Labute approximate surface area is 149 Å². The topological polar surface area (TPSA) is 78.2 Å². The number of aromatic nitrogens is 2. The number of hydrogen-bond acceptors (Lipinski definition) is 5. The lowest BCUT2D eigenvalue weighted by Gasteiger charge is -2.17. The number of ether oxygens (including phenoxy) is 1.